The number of carbonyl (C=O) groups excluding carboxylic acids is 1. The van der Waals surface area contributed by atoms with E-state index in [9.17, 15) is 14.8 Å². The van der Waals surface area contributed by atoms with Gasteiger partial charge in [0.25, 0.3) is 0 Å². The normalized spacial score (nSPS) is 23.4. The van der Waals surface area contributed by atoms with Crippen LogP contribution in [0.15, 0.2) is 12.2 Å². The summed E-state index contributed by atoms with van der Waals surface area (Å²) in [6.45, 7) is 7.61. The van der Waals surface area contributed by atoms with Crippen molar-refractivity contribution in [1.29, 1.82) is 0 Å². The molecule has 0 bridgehead atoms. The lowest BCUT2D eigenvalue weighted by Crippen LogP contribution is -2.62. The molecule has 1 rings (SSSR count). The molecular weight excluding hydrogens is 248 g/mol. The Bertz CT molecular complexity index is 383. The van der Waals surface area contributed by atoms with Gasteiger partial charge in [-0.25, -0.2) is 4.79 Å². The molecule has 6 nitrogen and oxygen atoms in total. The summed E-state index contributed by atoms with van der Waals surface area (Å²) in [6, 6.07) is -0.0978. The van der Waals surface area contributed by atoms with Gasteiger partial charge in [0.2, 0.25) is 5.91 Å². The minimum Gasteiger partial charge on any atom is -0.478 e. The number of carbonyl (C=O) groups is 2. The van der Waals surface area contributed by atoms with Crippen LogP contribution in [0.1, 0.15) is 40.5 Å². The molecule has 1 saturated heterocycles. The number of nitrogens with one attached hydrogen (secondary N) is 1. The van der Waals surface area contributed by atoms with E-state index in [4.69, 9.17) is 5.11 Å². The zero-order valence-corrected chi connectivity index (χ0v) is 11.8. The highest BCUT2D eigenvalue weighted by Gasteiger charge is 2.45. The van der Waals surface area contributed by atoms with Gasteiger partial charge in [-0.3, -0.25) is 4.79 Å². The minimum atomic E-state index is -1.15. The summed E-state index contributed by atoms with van der Waals surface area (Å²) >= 11 is 0. The number of nitrogens with zero attached hydrogens (tertiary/aromatic N) is 1. The highest BCUT2D eigenvalue weighted by Crippen LogP contribution is 2.36. The molecule has 1 aliphatic heterocycles. The van der Waals surface area contributed by atoms with Crippen molar-refractivity contribution in [2.75, 3.05) is 0 Å². The smallest absolute Gasteiger partial charge is 0.328 e. The lowest BCUT2D eigenvalue weighted by molar-refractivity contribution is -0.245. The highest BCUT2D eigenvalue weighted by atomic mass is 16.5. The van der Waals surface area contributed by atoms with Crippen molar-refractivity contribution >= 4 is 11.9 Å². The van der Waals surface area contributed by atoms with Gasteiger partial charge in [0, 0.05) is 29.3 Å². The third-order valence-corrected chi connectivity index (χ3v) is 3.36. The molecule has 108 valence electrons. The molecule has 1 amide bonds. The fourth-order valence-corrected chi connectivity index (χ4v) is 2.77. The number of carboxylic acid groups (broad SMARTS) is 1. The monoisotopic (exact) mass is 270 g/mol. The number of piperidine rings is 1. The number of hydroxylamine groups is 2. The van der Waals surface area contributed by atoms with Crippen LogP contribution in [0, 0.1) is 0 Å². The van der Waals surface area contributed by atoms with E-state index in [1.165, 1.54) is 5.06 Å². The molecule has 0 radical (unpaired) electrons. The maximum Gasteiger partial charge on any atom is 0.328 e. The largest absolute Gasteiger partial charge is 0.478 e. The van der Waals surface area contributed by atoms with Crippen LogP contribution in [0.5, 0.6) is 0 Å². The molecule has 0 saturated carbocycles. The first-order valence-electron chi connectivity index (χ1n) is 6.25. The second-order valence-corrected chi connectivity index (χ2v) is 6.22. The molecule has 6 heteroatoms. The lowest BCUT2D eigenvalue weighted by Gasteiger charge is -2.51. The molecular formula is C13H22N2O4. The van der Waals surface area contributed by atoms with E-state index in [0.717, 1.165) is 12.2 Å². The van der Waals surface area contributed by atoms with Crippen LogP contribution >= 0.6 is 0 Å². The molecule has 0 aromatic heterocycles. The van der Waals surface area contributed by atoms with Crippen LogP contribution in [-0.2, 0) is 9.59 Å². The molecule has 19 heavy (non-hydrogen) atoms. The zero-order valence-electron chi connectivity index (χ0n) is 11.8. The second-order valence-electron chi connectivity index (χ2n) is 6.22. The summed E-state index contributed by atoms with van der Waals surface area (Å²) in [6.07, 6.45) is 3.01. The molecule has 0 spiro atoms. The van der Waals surface area contributed by atoms with Crippen molar-refractivity contribution in [2.45, 2.75) is 57.7 Å². The molecule has 3 N–H and O–H groups in total. The van der Waals surface area contributed by atoms with Crippen LogP contribution in [0.25, 0.3) is 0 Å². The standard InChI is InChI=1S/C13H22N2O4/c1-12(2)7-9(8-13(3,4)15(12)19)14-10(16)5-6-11(17)18/h5-6,9,19H,7-8H2,1-4H3,(H,14,16)(H,17,18)/b6-5+. The quantitative estimate of drug-likeness (QED) is 0.669. The summed E-state index contributed by atoms with van der Waals surface area (Å²) in [4.78, 5) is 21.9. The number of rotatable bonds is 3. The van der Waals surface area contributed by atoms with E-state index in [1.54, 1.807) is 0 Å². The Labute approximate surface area is 113 Å². The Morgan fingerprint density at radius 1 is 1.16 bits per heavy atom. The topological polar surface area (TPSA) is 89.9 Å². The van der Waals surface area contributed by atoms with Crippen LogP contribution < -0.4 is 5.32 Å². The molecule has 0 atom stereocenters. The molecule has 0 aromatic rings. The first kappa shape index (κ1) is 15.7. The molecule has 1 aliphatic rings. The van der Waals surface area contributed by atoms with E-state index in [1.807, 2.05) is 27.7 Å². The predicted molar refractivity (Wildman–Crippen MR) is 69.7 cm³/mol. The molecule has 0 unspecified atom stereocenters. The third-order valence-electron chi connectivity index (χ3n) is 3.36. The number of aliphatic carboxylic acids is 1. The first-order valence-corrected chi connectivity index (χ1v) is 6.25. The summed E-state index contributed by atoms with van der Waals surface area (Å²) in [7, 11) is 0. The SMILES string of the molecule is CC1(C)CC(NC(=O)/C=C/C(=O)O)CC(C)(C)N1O. The van der Waals surface area contributed by atoms with Crippen LogP contribution in [0.3, 0.4) is 0 Å². The molecule has 1 heterocycles. The van der Waals surface area contributed by atoms with E-state index >= 15 is 0 Å². The van der Waals surface area contributed by atoms with Crippen molar-refractivity contribution in [3.05, 3.63) is 12.2 Å². The third kappa shape index (κ3) is 4.04. The Balaban J connectivity index is 2.71. The van der Waals surface area contributed by atoms with Gasteiger partial charge in [0.1, 0.15) is 0 Å². The maximum absolute atomic E-state index is 11.6. The molecule has 0 aromatic carbocycles. The summed E-state index contributed by atoms with van der Waals surface area (Å²) in [5.74, 6) is -1.58. The summed E-state index contributed by atoms with van der Waals surface area (Å²) in [5, 5.41) is 22.7. The van der Waals surface area contributed by atoms with Crippen molar-refractivity contribution in [2.24, 2.45) is 0 Å². The summed E-state index contributed by atoms with van der Waals surface area (Å²) in [5.41, 5.74) is -0.896. The fourth-order valence-electron chi connectivity index (χ4n) is 2.77. The highest BCUT2D eigenvalue weighted by molar-refractivity contribution is 5.94. The van der Waals surface area contributed by atoms with Gasteiger partial charge in [-0.2, -0.15) is 5.06 Å². The minimum absolute atomic E-state index is 0.0978. The number of carboxylic acids is 1. The van der Waals surface area contributed by atoms with Crippen molar-refractivity contribution in [3.63, 3.8) is 0 Å². The van der Waals surface area contributed by atoms with E-state index in [2.05, 4.69) is 5.32 Å². The molecule has 0 aliphatic carbocycles. The average Bonchev–Trinajstić information content (AvgIpc) is 2.22. The Morgan fingerprint density at radius 3 is 2.05 bits per heavy atom. The maximum atomic E-state index is 11.6. The Kier molecular flexibility index (Phi) is 4.37. The van der Waals surface area contributed by atoms with Crippen LogP contribution in [-0.4, -0.2) is 44.4 Å². The Morgan fingerprint density at radius 2 is 1.63 bits per heavy atom. The van der Waals surface area contributed by atoms with E-state index in [0.29, 0.717) is 12.8 Å². The van der Waals surface area contributed by atoms with Gasteiger partial charge in [-0.05, 0) is 40.5 Å². The van der Waals surface area contributed by atoms with Crippen molar-refractivity contribution in [3.8, 4) is 0 Å². The van der Waals surface area contributed by atoms with Crippen molar-refractivity contribution in [1.82, 2.24) is 10.4 Å². The van der Waals surface area contributed by atoms with Gasteiger partial charge in [-0.1, -0.05) is 0 Å². The van der Waals surface area contributed by atoms with Gasteiger partial charge in [0.15, 0.2) is 0 Å². The fraction of sp³-hybridized carbons (Fsp3) is 0.692. The van der Waals surface area contributed by atoms with Gasteiger partial charge in [0.05, 0.1) is 0 Å². The van der Waals surface area contributed by atoms with Gasteiger partial charge >= 0.3 is 5.97 Å². The summed E-state index contributed by atoms with van der Waals surface area (Å²) < 4.78 is 0. The number of hydrogen-bond donors (Lipinski definition) is 3. The number of hydrogen-bond acceptors (Lipinski definition) is 4. The van der Waals surface area contributed by atoms with Gasteiger partial charge < -0.3 is 15.6 Å². The zero-order chi connectivity index (χ0) is 14.8. The van der Waals surface area contributed by atoms with Crippen molar-refractivity contribution < 1.29 is 19.9 Å². The van der Waals surface area contributed by atoms with E-state index < -0.39 is 23.0 Å². The second kappa shape index (κ2) is 5.30. The Hall–Kier alpha value is -1.40. The lowest BCUT2D eigenvalue weighted by atomic mass is 9.79. The van der Waals surface area contributed by atoms with Crippen LogP contribution in [0.4, 0.5) is 0 Å². The average molecular weight is 270 g/mol. The first-order chi connectivity index (χ1) is 8.54. The molecule has 1 fully saturated rings. The number of amides is 1. The predicted octanol–water partition coefficient (Wildman–Crippen LogP) is 1.15. The van der Waals surface area contributed by atoms with E-state index in [-0.39, 0.29) is 6.04 Å². The van der Waals surface area contributed by atoms with Gasteiger partial charge in [-0.15, -0.1) is 0 Å². The van der Waals surface area contributed by atoms with Crippen LogP contribution in [0.2, 0.25) is 0 Å².